The van der Waals surface area contributed by atoms with Gasteiger partial charge in [-0.1, -0.05) is 0 Å². The number of primary sulfonamides is 1. The topological polar surface area (TPSA) is 129 Å². The Hall–Kier alpha value is -2.36. The maximum atomic E-state index is 11.2. The Kier molecular flexibility index (Phi) is 3.84. The molecule has 0 saturated heterocycles. The zero-order chi connectivity index (χ0) is 16.6. The van der Waals surface area contributed by atoms with Crippen molar-refractivity contribution in [2.75, 3.05) is 0 Å². The van der Waals surface area contributed by atoms with Crippen molar-refractivity contribution >= 4 is 38.9 Å². The normalized spacial score (nSPS) is 16.8. The summed E-state index contributed by atoms with van der Waals surface area (Å²) in [6.45, 7) is 0. The zero-order valence-corrected chi connectivity index (χ0v) is 13.2. The van der Waals surface area contributed by atoms with E-state index in [2.05, 4.69) is 4.99 Å². The number of amides is 1. The standard InChI is InChI=1S/C14H11N3O4S2/c15-13-12(22-14(18)17-13)7-9-3-6-11(21-9)8-1-4-10(5-2-8)23(16,19)20/h1-7H,(H2,15,17,18)(H2,16,19,20)/b12-7-. The number of sulfonamides is 1. The Morgan fingerprint density at radius 2 is 1.83 bits per heavy atom. The highest BCUT2D eigenvalue weighted by molar-refractivity contribution is 8.18. The molecule has 118 valence electrons. The number of nitrogens with two attached hydrogens (primary N) is 2. The number of benzene rings is 1. The van der Waals surface area contributed by atoms with Gasteiger partial charge >= 0.3 is 5.24 Å². The number of hydrogen-bond acceptors (Lipinski definition) is 6. The Balaban J connectivity index is 1.87. The third-order valence-electron chi connectivity index (χ3n) is 3.03. The van der Waals surface area contributed by atoms with E-state index in [0.717, 1.165) is 11.8 Å². The predicted molar refractivity (Wildman–Crippen MR) is 88.1 cm³/mol. The number of rotatable bonds is 3. The lowest BCUT2D eigenvalue weighted by atomic mass is 10.2. The first kappa shape index (κ1) is 15.5. The minimum atomic E-state index is -3.73. The first-order chi connectivity index (χ1) is 10.8. The monoisotopic (exact) mass is 349 g/mol. The van der Waals surface area contributed by atoms with Gasteiger partial charge in [0.1, 0.15) is 17.4 Å². The minimum absolute atomic E-state index is 0.0278. The number of carbonyl (C=O) groups is 1. The van der Waals surface area contributed by atoms with Crippen LogP contribution in [0, 0.1) is 0 Å². The van der Waals surface area contributed by atoms with E-state index in [9.17, 15) is 13.2 Å². The van der Waals surface area contributed by atoms with Crippen molar-refractivity contribution in [1.29, 1.82) is 0 Å². The fraction of sp³-hybridized carbons (Fsp3) is 0. The van der Waals surface area contributed by atoms with E-state index >= 15 is 0 Å². The number of furan rings is 1. The van der Waals surface area contributed by atoms with Crippen LogP contribution in [0.15, 0.2) is 55.6 Å². The number of amidine groups is 1. The molecule has 0 saturated carbocycles. The number of nitrogens with zero attached hydrogens (tertiary/aromatic N) is 1. The SMILES string of the molecule is NC1=NC(=O)S/C1=C\c1ccc(-c2ccc(S(N)(=O)=O)cc2)o1. The van der Waals surface area contributed by atoms with Crippen LogP contribution in [-0.4, -0.2) is 19.5 Å². The van der Waals surface area contributed by atoms with Gasteiger partial charge in [0.2, 0.25) is 10.0 Å². The molecule has 7 nitrogen and oxygen atoms in total. The van der Waals surface area contributed by atoms with Crippen molar-refractivity contribution in [2.45, 2.75) is 4.90 Å². The minimum Gasteiger partial charge on any atom is -0.457 e. The van der Waals surface area contributed by atoms with E-state index in [0.29, 0.717) is 22.0 Å². The largest absolute Gasteiger partial charge is 0.457 e. The van der Waals surface area contributed by atoms with E-state index in [1.54, 1.807) is 30.3 Å². The summed E-state index contributed by atoms with van der Waals surface area (Å²) in [5.41, 5.74) is 6.32. The molecular weight excluding hydrogens is 338 g/mol. The number of hydrogen-bond donors (Lipinski definition) is 2. The maximum absolute atomic E-state index is 11.2. The van der Waals surface area contributed by atoms with Crippen molar-refractivity contribution < 1.29 is 17.6 Å². The smallest absolute Gasteiger partial charge is 0.311 e. The maximum Gasteiger partial charge on any atom is 0.311 e. The molecule has 1 aromatic carbocycles. The molecule has 23 heavy (non-hydrogen) atoms. The summed E-state index contributed by atoms with van der Waals surface area (Å²) in [5.74, 6) is 1.21. The number of carbonyl (C=O) groups excluding carboxylic acids is 1. The highest BCUT2D eigenvalue weighted by Gasteiger charge is 2.19. The van der Waals surface area contributed by atoms with Crippen LogP contribution in [0.3, 0.4) is 0 Å². The van der Waals surface area contributed by atoms with Crippen molar-refractivity contribution in [3.05, 3.63) is 47.1 Å². The molecule has 3 rings (SSSR count). The molecular formula is C14H11N3O4S2. The van der Waals surface area contributed by atoms with Gasteiger partial charge in [0.25, 0.3) is 0 Å². The molecule has 2 aromatic rings. The van der Waals surface area contributed by atoms with Crippen molar-refractivity contribution in [1.82, 2.24) is 0 Å². The second-order valence-electron chi connectivity index (χ2n) is 4.65. The molecule has 0 atom stereocenters. The van der Waals surface area contributed by atoms with Crippen LogP contribution in [0.25, 0.3) is 17.4 Å². The molecule has 1 aliphatic rings. The van der Waals surface area contributed by atoms with Crippen LogP contribution in [0.4, 0.5) is 4.79 Å². The molecule has 0 unspecified atom stereocenters. The fourth-order valence-corrected chi connectivity index (χ4v) is 3.12. The molecule has 4 N–H and O–H groups in total. The van der Waals surface area contributed by atoms with Gasteiger partial charge in [-0.3, -0.25) is 4.79 Å². The lowest BCUT2D eigenvalue weighted by molar-refractivity contribution is 0.268. The zero-order valence-electron chi connectivity index (χ0n) is 11.6. The van der Waals surface area contributed by atoms with Gasteiger partial charge in [0.05, 0.1) is 9.80 Å². The van der Waals surface area contributed by atoms with Crippen LogP contribution in [0.5, 0.6) is 0 Å². The third kappa shape index (κ3) is 3.36. The van der Waals surface area contributed by atoms with E-state index in [1.165, 1.54) is 12.1 Å². The quantitative estimate of drug-likeness (QED) is 0.873. The molecule has 0 aliphatic carbocycles. The summed E-state index contributed by atoms with van der Waals surface area (Å²) in [7, 11) is -3.73. The summed E-state index contributed by atoms with van der Waals surface area (Å²) in [5, 5.41) is 4.69. The Morgan fingerprint density at radius 1 is 1.13 bits per heavy atom. The predicted octanol–water partition coefficient (Wildman–Crippen LogP) is 2.16. The highest BCUT2D eigenvalue weighted by Crippen LogP contribution is 2.29. The van der Waals surface area contributed by atoms with Crippen LogP contribution in [0.1, 0.15) is 5.76 Å². The van der Waals surface area contributed by atoms with Crippen LogP contribution in [0.2, 0.25) is 0 Å². The summed E-state index contributed by atoms with van der Waals surface area (Å²) in [6.07, 6.45) is 1.62. The fourth-order valence-electron chi connectivity index (χ4n) is 1.95. The molecule has 0 fully saturated rings. The lowest BCUT2D eigenvalue weighted by Crippen LogP contribution is -2.11. The second kappa shape index (κ2) is 5.69. The molecule has 9 heteroatoms. The third-order valence-corrected chi connectivity index (χ3v) is 4.77. The Labute approximate surface area is 136 Å². The average molecular weight is 349 g/mol. The van der Waals surface area contributed by atoms with E-state index in [4.69, 9.17) is 15.3 Å². The van der Waals surface area contributed by atoms with Gasteiger partial charge in [0, 0.05) is 5.56 Å². The molecule has 0 spiro atoms. The van der Waals surface area contributed by atoms with Crippen molar-refractivity contribution in [3.8, 4) is 11.3 Å². The van der Waals surface area contributed by atoms with Gasteiger partial charge in [0.15, 0.2) is 0 Å². The summed E-state index contributed by atoms with van der Waals surface area (Å²) in [4.78, 5) is 15.3. The number of aliphatic imine (C=N–C) groups is 1. The molecule has 1 amide bonds. The number of thioether (sulfide) groups is 1. The van der Waals surface area contributed by atoms with E-state index in [1.807, 2.05) is 0 Å². The van der Waals surface area contributed by atoms with Gasteiger partial charge in [-0.25, -0.2) is 13.6 Å². The van der Waals surface area contributed by atoms with Gasteiger partial charge in [-0.2, -0.15) is 4.99 Å². The summed E-state index contributed by atoms with van der Waals surface area (Å²) < 4.78 is 28.1. The van der Waals surface area contributed by atoms with Gasteiger partial charge in [-0.15, -0.1) is 0 Å². The Bertz CT molecular complexity index is 941. The van der Waals surface area contributed by atoms with Crippen LogP contribution >= 0.6 is 11.8 Å². The highest BCUT2D eigenvalue weighted by atomic mass is 32.2. The first-order valence-electron chi connectivity index (χ1n) is 6.34. The first-order valence-corrected chi connectivity index (χ1v) is 8.70. The van der Waals surface area contributed by atoms with Gasteiger partial charge in [-0.05, 0) is 54.2 Å². The molecule has 2 heterocycles. The van der Waals surface area contributed by atoms with Crippen LogP contribution in [-0.2, 0) is 10.0 Å². The van der Waals surface area contributed by atoms with Crippen LogP contribution < -0.4 is 10.9 Å². The molecule has 0 radical (unpaired) electrons. The van der Waals surface area contributed by atoms with Crippen molar-refractivity contribution in [2.24, 2.45) is 15.9 Å². The summed E-state index contributed by atoms with van der Waals surface area (Å²) >= 11 is 0.931. The molecule has 1 aromatic heterocycles. The van der Waals surface area contributed by atoms with Gasteiger partial charge < -0.3 is 10.2 Å². The second-order valence-corrected chi connectivity index (χ2v) is 7.20. The van der Waals surface area contributed by atoms with Crippen molar-refractivity contribution in [3.63, 3.8) is 0 Å². The average Bonchev–Trinajstić information content (AvgIpc) is 3.06. The molecule has 1 aliphatic heterocycles. The van der Waals surface area contributed by atoms with E-state index in [-0.39, 0.29) is 16.0 Å². The molecule has 0 bridgehead atoms. The van der Waals surface area contributed by atoms with E-state index < -0.39 is 10.0 Å². The lowest BCUT2D eigenvalue weighted by Gasteiger charge is -2.00. The summed E-state index contributed by atoms with van der Waals surface area (Å²) in [6, 6.07) is 9.45. The Morgan fingerprint density at radius 3 is 2.39 bits per heavy atom.